The minimum absolute atomic E-state index is 0.585. The minimum atomic E-state index is 0.585. The van der Waals surface area contributed by atoms with Gasteiger partial charge >= 0.3 is 0 Å². The van der Waals surface area contributed by atoms with E-state index in [1.165, 1.54) is 0 Å². The first-order chi connectivity index (χ1) is 2.81. The van der Waals surface area contributed by atoms with Gasteiger partial charge in [-0.25, -0.2) is 0 Å². The fourth-order valence-corrected chi connectivity index (χ4v) is 0.158. The summed E-state index contributed by atoms with van der Waals surface area (Å²) in [6.07, 6.45) is 0.951. The molecule has 0 atom stereocenters. The molecule has 3 heteroatoms. The molecule has 36 valence electrons. The average molecular weight is 104 g/mol. The average Bonchev–Trinajstić information content (AvgIpc) is 1.65. The normalized spacial score (nSPS) is 11.8. The Morgan fingerprint density at radius 3 is 2.50 bits per heavy atom. The molecular formula is C3H8O2Si. The van der Waals surface area contributed by atoms with Crippen LogP contribution in [0.3, 0.4) is 0 Å². The lowest BCUT2D eigenvalue weighted by Gasteiger charge is -1.92. The highest BCUT2D eigenvalue weighted by Gasteiger charge is 1.73. The van der Waals surface area contributed by atoms with Crippen molar-refractivity contribution < 1.29 is 9.53 Å². The van der Waals surface area contributed by atoms with Crippen molar-refractivity contribution in [3.05, 3.63) is 12.0 Å². The van der Waals surface area contributed by atoms with Gasteiger partial charge in [-0.1, -0.05) is 0 Å². The van der Waals surface area contributed by atoms with E-state index in [-0.39, 0.29) is 0 Å². The molecule has 0 fully saturated rings. The second-order valence-corrected chi connectivity index (χ2v) is 1.35. The van der Waals surface area contributed by atoms with Crippen LogP contribution >= 0.6 is 0 Å². The molecule has 0 aliphatic heterocycles. The Morgan fingerprint density at radius 2 is 2.50 bits per heavy atom. The van der Waals surface area contributed by atoms with Crippen LogP contribution in [0.2, 0.25) is 0 Å². The molecular weight excluding hydrogens is 96.1 g/mol. The van der Waals surface area contributed by atoms with E-state index in [0.717, 1.165) is 6.26 Å². The lowest BCUT2D eigenvalue weighted by Crippen LogP contribution is -1.77. The molecule has 0 radical (unpaired) electrons. The predicted octanol–water partition coefficient (Wildman–Crippen LogP) is -0.297. The van der Waals surface area contributed by atoms with E-state index in [9.17, 15) is 0 Å². The van der Waals surface area contributed by atoms with Gasteiger partial charge in [-0.2, -0.15) is 0 Å². The highest BCUT2D eigenvalue weighted by Crippen LogP contribution is 1.84. The van der Waals surface area contributed by atoms with Crippen molar-refractivity contribution in [1.82, 2.24) is 0 Å². The van der Waals surface area contributed by atoms with E-state index in [1.807, 2.05) is 0 Å². The maximum absolute atomic E-state index is 8.07. The zero-order chi connectivity index (χ0) is 4.99. The van der Waals surface area contributed by atoms with Gasteiger partial charge in [0.2, 0.25) is 10.5 Å². The van der Waals surface area contributed by atoms with E-state index in [1.54, 1.807) is 6.92 Å². The first kappa shape index (κ1) is 5.56. The second kappa shape index (κ2) is 2.78. The number of hydrogen-bond donors (Lipinski definition) is 1. The van der Waals surface area contributed by atoms with Crippen LogP contribution in [0.25, 0.3) is 0 Å². The molecule has 0 aliphatic rings. The topological polar surface area (TPSA) is 29.5 Å². The maximum Gasteiger partial charge on any atom is 0.203 e. The molecule has 0 rings (SSSR count). The summed E-state index contributed by atoms with van der Waals surface area (Å²) in [6, 6.07) is 0. The fraction of sp³-hybridized carbons (Fsp3) is 0.333. The van der Waals surface area contributed by atoms with Gasteiger partial charge in [0.15, 0.2) is 0 Å². The first-order valence-corrected chi connectivity index (χ1v) is 2.48. The Balaban J connectivity index is 3.22. The van der Waals surface area contributed by atoms with E-state index >= 15 is 0 Å². The van der Waals surface area contributed by atoms with Gasteiger partial charge in [0.25, 0.3) is 0 Å². The molecule has 0 bridgehead atoms. The summed E-state index contributed by atoms with van der Waals surface area (Å²) < 4.78 is 4.65. The van der Waals surface area contributed by atoms with Crippen molar-refractivity contribution in [2.45, 2.75) is 6.92 Å². The largest absolute Gasteiger partial charge is 0.554 e. The van der Waals surface area contributed by atoms with Gasteiger partial charge in [-0.15, -0.1) is 0 Å². The fourth-order valence-electron chi connectivity index (χ4n) is 0.0527. The number of allylic oxidation sites excluding steroid dienone is 1. The Hall–Kier alpha value is -0.443. The number of hydrogen-bond acceptors (Lipinski definition) is 2. The summed E-state index contributed by atoms with van der Waals surface area (Å²) in [5.74, 6) is 0.585. The smallest absolute Gasteiger partial charge is 0.203 e. The van der Waals surface area contributed by atoms with Crippen molar-refractivity contribution in [1.29, 1.82) is 0 Å². The number of aliphatic hydroxyl groups excluding tert-OH is 1. The van der Waals surface area contributed by atoms with Crippen LogP contribution in [-0.4, -0.2) is 15.6 Å². The zero-order valence-corrected chi connectivity index (χ0v) is 5.93. The third-order valence-corrected chi connectivity index (χ3v) is 1.15. The highest BCUT2D eigenvalue weighted by molar-refractivity contribution is 5.98. The van der Waals surface area contributed by atoms with Crippen molar-refractivity contribution >= 4 is 10.5 Å². The van der Waals surface area contributed by atoms with Crippen molar-refractivity contribution in [2.24, 2.45) is 0 Å². The summed E-state index contributed by atoms with van der Waals surface area (Å²) in [5, 5.41) is 8.07. The molecule has 0 unspecified atom stereocenters. The van der Waals surface area contributed by atoms with Gasteiger partial charge in [0.1, 0.15) is 12.0 Å². The SMILES string of the molecule is CC(=CO)O[SiH3]. The minimum Gasteiger partial charge on any atom is -0.554 e. The molecule has 0 amide bonds. The first-order valence-electron chi connectivity index (χ1n) is 1.66. The van der Waals surface area contributed by atoms with E-state index in [4.69, 9.17) is 5.11 Å². The van der Waals surface area contributed by atoms with Gasteiger partial charge in [0.05, 0.1) is 0 Å². The van der Waals surface area contributed by atoms with Crippen LogP contribution < -0.4 is 0 Å². The standard InChI is InChI=1S/C3H8O2Si/c1-3(2-4)5-6/h2,4H,1,6H3. The predicted molar refractivity (Wildman–Crippen MR) is 27.4 cm³/mol. The van der Waals surface area contributed by atoms with Crippen LogP contribution in [-0.2, 0) is 4.43 Å². The van der Waals surface area contributed by atoms with Crippen LogP contribution in [0.15, 0.2) is 12.0 Å². The summed E-state index contributed by atoms with van der Waals surface area (Å²) >= 11 is 0. The molecule has 0 saturated carbocycles. The van der Waals surface area contributed by atoms with E-state index in [2.05, 4.69) is 4.43 Å². The van der Waals surface area contributed by atoms with Gasteiger partial charge < -0.3 is 9.53 Å². The molecule has 0 aromatic heterocycles. The van der Waals surface area contributed by atoms with Crippen LogP contribution in [0.5, 0.6) is 0 Å². The molecule has 0 aromatic carbocycles. The van der Waals surface area contributed by atoms with Gasteiger partial charge in [0, 0.05) is 0 Å². The van der Waals surface area contributed by atoms with E-state index < -0.39 is 0 Å². The van der Waals surface area contributed by atoms with Crippen LogP contribution in [0, 0.1) is 0 Å². The van der Waals surface area contributed by atoms with Crippen LogP contribution in [0.4, 0.5) is 0 Å². The molecule has 0 saturated heterocycles. The third-order valence-electron chi connectivity index (χ3n) is 0.504. The Bertz CT molecular complexity index is 59.8. The Morgan fingerprint density at radius 1 is 2.00 bits per heavy atom. The number of aliphatic hydroxyl groups is 1. The molecule has 2 nitrogen and oxygen atoms in total. The summed E-state index contributed by atoms with van der Waals surface area (Å²) in [4.78, 5) is 0. The molecule has 0 aromatic rings. The van der Waals surface area contributed by atoms with Gasteiger partial charge in [-0.05, 0) is 6.92 Å². The molecule has 1 N–H and O–H groups in total. The molecule has 0 aliphatic carbocycles. The monoisotopic (exact) mass is 104 g/mol. The lowest BCUT2D eigenvalue weighted by molar-refractivity contribution is 0.397. The quantitative estimate of drug-likeness (QED) is 0.365. The zero-order valence-electron chi connectivity index (χ0n) is 3.93. The summed E-state index contributed by atoms with van der Waals surface area (Å²) in [6.45, 7) is 1.70. The van der Waals surface area contributed by atoms with Crippen molar-refractivity contribution in [3.63, 3.8) is 0 Å². The van der Waals surface area contributed by atoms with Gasteiger partial charge in [-0.3, -0.25) is 0 Å². The highest BCUT2D eigenvalue weighted by atomic mass is 28.2. The summed E-state index contributed by atoms with van der Waals surface area (Å²) in [5.41, 5.74) is 0. The molecule has 0 spiro atoms. The van der Waals surface area contributed by atoms with Crippen molar-refractivity contribution in [3.8, 4) is 0 Å². The maximum atomic E-state index is 8.07. The Kier molecular flexibility index (Phi) is 2.57. The second-order valence-electron chi connectivity index (χ2n) is 0.944. The summed E-state index contributed by atoms with van der Waals surface area (Å²) in [7, 11) is 0.654. The molecule has 6 heavy (non-hydrogen) atoms. The van der Waals surface area contributed by atoms with Crippen LogP contribution in [0.1, 0.15) is 6.92 Å². The third kappa shape index (κ3) is 1.84. The Labute approximate surface area is 40.0 Å². The van der Waals surface area contributed by atoms with Crippen molar-refractivity contribution in [2.75, 3.05) is 0 Å². The lowest BCUT2D eigenvalue weighted by atomic mass is 10.7. The molecule has 0 heterocycles. The number of rotatable bonds is 1. The van der Waals surface area contributed by atoms with E-state index in [0.29, 0.717) is 16.2 Å².